The Kier molecular flexibility index (Phi) is 2.45. The normalized spacial score (nSPS) is 17.0. The van der Waals surface area contributed by atoms with Crippen LogP contribution in [0.2, 0.25) is 0 Å². The lowest BCUT2D eigenvalue weighted by molar-refractivity contribution is 0.668. The van der Waals surface area contributed by atoms with E-state index in [1.165, 1.54) is 4.68 Å². The van der Waals surface area contributed by atoms with E-state index in [1.807, 2.05) is 0 Å². The van der Waals surface area contributed by atoms with Crippen molar-refractivity contribution in [2.75, 3.05) is 0 Å². The van der Waals surface area contributed by atoms with Crippen molar-refractivity contribution < 1.29 is 0 Å². The van der Waals surface area contributed by atoms with Crippen molar-refractivity contribution in [1.82, 2.24) is 19.7 Å². The maximum absolute atomic E-state index is 12.4. The van der Waals surface area contributed by atoms with E-state index < -0.39 is 0 Å². The van der Waals surface area contributed by atoms with Crippen molar-refractivity contribution in [1.29, 1.82) is 0 Å². The smallest absolute Gasteiger partial charge is 0.277 e. The molecule has 0 saturated heterocycles. The molecule has 2 N–H and O–H groups in total. The minimum absolute atomic E-state index is 0.0687. The molecular formula is C14H16N4O2. The molecule has 0 aliphatic heterocycles. The average Bonchev–Trinajstić information content (AvgIpc) is 3.04. The summed E-state index contributed by atoms with van der Waals surface area (Å²) in [6.45, 7) is 0. The van der Waals surface area contributed by atoms with Gasteiger partial charge in [-0.25, -0.2) is 4.98 Å². The Bertz CT molecular complexity index is 796. The summed E-state index contributed by atoms with van der Waals surface area (Å²) in [6, 6.07) is 0. The molecular weight excluding hydrogens is 256 g/mol. The third-order valence-corrected chi connectivity index (χ3v) is 4.32. The molecule has 2 aliphatic rings. The number of fused-ring (bicyclic) bond motifs is 2. The van der Waals surface area contributed by atoms with E-state index in [1.54, 1.807) is 0 Å². The molecule has 6 nitrogen and oxygen atoms in total. The summed E-state index contributed by atoms with van der Waals surface area (Å²) in [5, 5.41) is 3.11. The van der Waals surface area contributed by atoms with Gasteiger partial charge in [0, 0.05) is 16.8 Å². The number of rotatable bonds is 1. The molecule has 104 valence electrons. The zero-order valence-corrected chi connectivity index (χ0v) is 11.2. The Balaban J connectivity index is 1.90. The molecule has 6 heteroatoms. The lowest BCUT2D eigenvalue weighted by Crippen LogP contribution is -2.25. The predicted octanol–water partition coefficient (Wildman–Crippen LogP) is 0.616. The van der Waals surface area contributed by atoms with Crippen LogP contribution in [0.15, 0.2) is 9.59 Å². The van der Waals surface area contributed by atoms with Gasteiger partial charge in [0.1, 0.15) is 0 Å². The zero-order valence-electron chi connectivity index (χ0n) is 11.2. The Morgan fingerprint density at radius 1 is 0.950 bits per heavy atom. The first-order valence-electron chi connectivity index (χ1n) is 7.19. The second kappa shape index (κ2) is 4.19. The summed E-state index contributed by atoms with van der Waals surface area (Å²) >= 11 is 0. The fourth-order valence-corrected chi connectivity index (χ4v) is 3.27. The number of aromatic amines is 2. The number of nitrogens with one attached hydrogen (secondary N) is 2. The second-order valence-electron chi connectivity index (χ2n) is 5.58. The summed E-state index contributed by atoms with van der Waals surface area (Å²) in [5.74, 6) is 0.329. The van der Waals surface area contributed by atoms with E-state index in [-0.39, 0.29) is 11.1 Å². The summed E-state index contributed by atoms with van der Waals surface area (Å²) in [4.78, 5) is 31.6. The fraction of sp³-hybridized carbons (Fsp3) is 0.500. The lowest BCUT2D eigenvalue weighted by atomic mass is 9.98. The van der Waals surface area contributed by atoms with E-state index >= 15 is 0 Å². The molecule has 0 aromatic carbocycles. The number of H-pyrrole nitrogens is 2. The highest BCUT2D eigenvalue weighted by atomic mass is 16.1. The predicted molar refractivity (Wildman–Crippen MR) is 73.5 cm³/mol. The van der Waals surface area contributed by atoms with Gasteiger partial charge in [0.15, 0.2) is 0 Å². The van der Waals surface area contributed by atoms with E-state index in [2.05, 4.69) is 15.1 Å². The van der Waals surface area contributed by atoms with E-state index in [4.69, 9.17) is 0 Å². The quantitative estimate of drug-likeness (QED) is 0.798. The molecule has 0 unspecified atom stereocenters. The molecule has 0 fully saturated rings. The minimum atomic E-state index is -0.109. The van der Waals surface area contributed by atoms with Gasteiger partial charge < -0.3 is 0 Å². The monoisotopic (exact) mass is 272 g/mol. The number of aromatic nitrogens is 4. The van der Waals surface area contributed by atoms with Gasteiger partial charge in [0.05, 0.1) is 5.69 Å². The molecule has 2 heterocycles. The SMILES string of the molecule is O=c1[nH]c(-n2[nH]c3c(c2=O)CCCC3)nc2c1CCC2. The number of hydrogen-bond acceptors (Lipinski definition) is 3. The minimum Gasteiger partial charge on any atom is -0.292 e. The highest BCUT2D eigenvalue weighted by Crippen LogP contribution is 2.18. The van der Waals surface area contributed by atoms with Gasteiger partial charge in [0.2, 0.25) is 5.95 Å². The van der Waals surface area contributed by atoms with Crippen molar-refractivity contribution in [3.8, 4) is 5.95 Å². The first kappa shape index (κ1) is 11.7. The molecule has 0 saturated carbocycles. The third kappa shape index (κ3) is 1.60. The summed E-state index contributed by atoms with van der Waals surface area (Å²) in [5.41, 5.74) is 3.27. The number of hydrogen-bond donors (Lipinski definition) is 2. The van der Waals surface area contributed by atoms with E-state index in [0.717, 1.165) is 67.5 Å². The molecule has 4 rings (SSSR count). The van der Waals surface area contributed by atoms with Crippen molar-refractivity contribution in [3.63, 3.8) is 0 Å². The third-order valence-electron chi connectivity index (χ3n) is 4.32. The van der Waals surface area contributed by atoms with Crippen LogP contribution in [-0.2, 0) is 25.7 Å². The van der Waals surface area contributed by atoms with Crippen LogP contribution in [-0.4, -0.2) is 19.7 Å². The molecule has 20 heavy (non-hydrogen) atoms. The largest absolute Gasteiger partial charge is 0.292 e. The molecule has 2 aromatic rings. The summed E-state index contributed by atoms with van der Waals surface area (Å²) < 4.78 is 1.40. The Hall–Kier alpha value is -2.11. The maximum Gasteiger partial charge on any atom is 0.277 e. The van der Waals surface area contributed by atoms with Crippen LogP contribution in [0, 0.1) is 0 Å². The first-order valence-corrected chi connectivity index (χ1v) is 7.19. The van der Waals surface area contributed by atoms with Crippen LogP contribution >= 0.6 is 0 Å². The number of aryl methyl sites for hydroxylation is 2. The van der Waals surface area contributed by atoms with Crippen molar-refractivity contribution in [2.24, 2.45) is 0 Å². The topological polar surface area (TPSA) is 83.5 Å². The highest BCUT2D eigenvalue weighted by Gasteiger charge is 2.22. The van der Waals surface area contributed by atoms with Crippen molar-refractivity contribution in [2.45, 2.75) is 44.9 Å². The molecule has 0 amide bonds. The van der Waals surface area contributed by atoms with Gasteiger partial charge in [0.25, 0.3) is 11.1 Å². The fourth-order valence-electron chi connectivity index (χ4n) is 3.27. The highest BCUT2D eigenvalue weighted by molar-refractivity contribution is 5.29. The molecule has 2 aliphatic carbocycles. The summed E-state index contributed by atoms with van der Waals surface area (Å²) in [7, 11) is 0. The Morgan fingerprint density at radius 3 is 2.60 bits per heavy atom. The van der Waals surface area contributed by atoms with Crippen LogP contribution in [0.3, 0.4) is 0 Å². The summed E-state index contributed by atoms with van der Waals surface area (Å²) in [6.07, 6.45) is 6.43. The molecule has 2 aromatic heterocycles. The average molecular weight is 272 g/mol. The van der Waals surface area contributed by atoms with Gasteiger partial charge in [-0.1, -0.05) is 0 Å². The zero-order chi connectivity index (χ0) is 13.7. The Labute approximate surface area is 114 Å². The molecule has 0 bridgehead atoms. The standard InChI is InChI=1S/C14H16N4O2/c19-12-8-5-3-7-10(8)15-14(16-12)18-13(20)9-4-1-2-6-11(9)17-18/h17H,1-7H2,(H,15,16,19). The maximum atomic E-state index is 12.4. The van der Waals surface area contributed by atoms with Gasteiger partial charge >= 0.3 is 0 Å². The van der Waals surface area contributed by atoms with Crippen LogP contribution in [0.1, 0.15) is 41.8 Å². The lowest BCUT2D eigenvalue weighted by Gasteiger charge is -2.07. The van der Waals surface area contributed by atoms with Gasteiger partial charge in [-0.2, -0.15) is 4.68 Å². The molecule has 0 atom stereocenters. The van der Waals surface area contributed by atoms with E-state index in [9.17, 15) is 9.59 Å². The van der Waals surface area contributed by atoms with E-state index in [0.29, 0.717) is 5.95 Å². The molecule has 0 radical (unpaired) electrons. The number of nitrogens with zero attached hydrogens (tertiary/aromatic N) is 2. The first-order chi connectivity index (χ1) is 9.74. The van der Waals surface area contributed by atoms with Crippen LogP contribution in [0.25, 0.3) is 5.95 Å². The Morgan fingerprint density at radius 2 is 1.75 bits per heavy atom. The molecule has 0 spiro atoms. The second-order valence-corrected chi connectivity index (χ2v) is 5.58. The van der Waals surface area contributed by atoms with Crippen molar-refractivity contribution in [3.05, 3.63) is 43.2 Å². The van der Waals surface area contributed by atoms with Gasteiger partial charge in [-0.15, -0.1) is 0 Å². The van der Waals surface area contributed by atoms with Crippen LogP contribution in [0.4, 0.5) is 0 Å². The van der Waals surface area contributed by atoms with Gasteiger partial charge in [-0.05, 0) is 44.9 Å². The van der Waals surface area contributed by atoms with Crippen LogP contribution in [0.5, 0.6) is 0 Å². The van der Waals surface area contributed by atoms with Gasteiger partial charge in [-0.3, -0.25) is 19.7 Å². The van der Waals surface area contributed by atoms with Crippen molar-refractivity contribution >= 4 is 0 Å². The van der Waals surface area contributed by atoms with Crippen LogP contribution < -0.4 is 11.1 Å².